The number of nitrogens with one attached hydrogen (secondary N) is 1. The van der Waals surface area contributed by atoms with Crippen molar-refractivity contribution in [3.8, 4) is 0 Å². The zero-order chi connectivity index (χ0) is 14.5. The number of nitrogens with zero attached hydrogens (tertiary/aromatic N) is 1. The first kappa shape index (κ1) is 14.6. The first-order chi connectivity index (χ1) is 9.65. The normalized spacial score (nSPS) is 13.2. The highest BCUT2D eigenvalue weighted by Crippen LogP contribution is 2.29. The van der Waals surface area contributed by atoms with E-state index in [0.717, 1.165) is 30.6 Å². The van der Waals surface area contributed by atoms with Gasteiger partial charge in [-0.3, -0.25) is 9.59 Å². The number of rotatable bonds is 5. The second-order valence-electron chi connectivity index (χ2n) is 5.14. The molecule has 0 fully saturated rings. The van der Waals surface area contributed by atoms with Crippen LogP contribution in [-0.2, 0) is 22.6 Å². The van der Waals surface area contributed by atoms with Crippen LogP contribution in [0, 0.1) is 0 Å². The van der Waals surface area contributed by atoms with Gasteiger partial charge in [-0.05, 0) is 30.0 Å². The molecule has 1 aliphatic heterocycles. The largest absolute Gasteiger partial charge is 0.352 e. The summed E-state index contributed by atoms with van der Waals surface area (Å²) in [5.74, 6) is 0.267. The lowest BCUT2D eigenvalue weighted by atomic mass is 10.1. The van der Waals surface area contributed by atoms with Gasteiger partial charge in [0.05, 0.1) is 0 Å². The second kappa shape index (κ2) is 6.55. The Bertz CT molecular complexity index is 511. The number of hydrogen-bond acceptors (Lipinski definition) is 2. The third-order valence-corrected chi connectivity index (χ3v) is 3.61. The van der Waals surface area contributed by atoms with Crippen LogP contribution in [0.2, 0.25) is 0 Å². The Kier molecular flexibility index (Phi) is 4.77. The lowest BCUT2D eigenvalue weighted by molar-refractivity contribution is -0.121. The van der Waals surface area contributed by atoms with Gasteiger partial charge in [0.15, 0.2) is 0 Å². The summed E-state index contributed by atoms with van der Waals surface area (Å²) in [4.78, 5) is 25.1. The summed E-state index contributed by atoms with van der Waals surface area (Å²) in [7, 11) is 0. The maximum absolute atomic E-state index is 11.8. The van der Waals surface area contributed by atoms with E-state index in [9.17, 15) is 9.59 Å². The fourth-order valence-electron chi connectivity index (χ4n) is 2.53. The monoisotopic (exact) mass is 274 g/mol. The minimum atomic E-state index is 0.0933. The Balaban J connectivity index is 2.03. The first-order valence-electron chi connectivity index (χ1n) is 7.34. The van der Waals surface area contributed by atoms with E-state index in [2.05, 4.69) is 11.4 Å². The van der Waals surface area contributed by atoms with Crippen LogP contribution in [0.15, 0.2) is 18.2 Å². The lowest BCUT2D eigenvalue weighted by Crippen LogP contribution is -2.27. The lowest BCUT2D eigenvalue weighted by Gasteiger charge is -2.16. The van der Waals surface area contributed by atoms with Gasteiger partial charge in [0.2, 0.25) is 11.8 Å². The van der Waals surface area contributed by atoms with Crippen molar-refractivity contribution in [1.29, 1.82) is 0 Å². The Morgan fingerprint density at radius 2 is 2.10 bits per heavy atom. The summed E-state index contributed by atoms with van der Waals surface area (Å²) in [6.45, 7) is 5.22. The third kappa shape index (κ3) is 3.18. The van der Waals surface area contributed by atoms with Gasteiger partial charge in [0.1, 0.15) is 0 Å². The van der Waals surface area contributed by atoms with Crippen molar-refractivity contribution < 1.29 is 9.59 Å². The summed E-state index contributed by atoms with van der Waals surface area (Å²) in [5.41, 5.74) is 3.33. The molecule has 4 heteroatoms. The smallest absolute Gasteiger partial charge is 0.226 e. The molecule has 0 spiro atoms. The maximum Gasteiger partial charge on any atom is 0.226 e. The Hall–Kier alpha value is -1.84. The van der Waals surface area contributed by atoms with Gasteiger partial charge in [-0.25, -0.2) is 0 Å². The van der Waals surface area contributed by atoms with E-state index in [1.807, 2.05) is 30.9 Å². The molecule has 0 saturated heterocycles. The fourth-order valence-corrected chi connectivity index (χ4v) is 2.53. The molecular formula is C16H22N2O2. The molecule has 1 aromatic rings. The van der Waals surface area contributed by atoms with Crippen LogP contribution in [-0.4, -0.2) is 18.4 Å². The topological polar surface area (TPSA) is 49.4 Å². The van der Waals surface area contributed by atoms with E-state index in [1.165, 1.54) is 5.56 Å². The van der Waals surface area contributed by atoms with E-state index < -0.39 is 0 Å². The van der Waals surface area contributed by atoms with Crippen molar-refractivity contribution in [2.75, 3.05) is 11.4 Å². The highest BCUT2D eigenvalue weighted by molar-refractivity contribution is 5.95. The molecule has 0 atom stereocenters. The molecule has 1 heterocycles. The van der Waals surface area contributed by atoms with E-state index in [0.29, 0.717) is 19.4 Å². The van der Waals surface area contributed by atoms with Crippen molar-refractivity contribution in [3.63, 3.8) is 0 Å². The SMILES string of the molecule is CCCC(=O)NCc1ccc2c(c1)CCN2C(=O)CC. The molecular weight excluding hydrogens is 252 g/mol. The number of fused-ring (bicyclic) bond motifs is 1. The van der Waals surface area contributed by atoms with Crippen LogP contribution >= 0.6 is 0 Å². The van der Waals surface area contributed by atoms with E-state index in [1.54, 1.807) is 0 Å². The molecule has 0 radical (unpaired) electrons. The van der Waals surface area contributed by atoms with Gasteiger partial charge in [-0.2, -0.15) is 0 Å². The number of benzene rings is 1. The van der Waals surface area contributed by atoms with Crippen molar-refractivity contribution in [1.82, 2.24) is 5.32 Å². The quantitative estimate of drug-likeness (QED) is 0.896. The molecule has 20 heavy (non-hydrogen) atoms. The third-order valence-electron chi connectivity index (χ3n) is 3.61. The number of hydrogen-bond donors (Lipinski definition) is 1. The van der Waals surface area contributed by atoms with Gasteiger partial charge in [-0.15, -0.1) is 0 Å². The van der Waals surface area contributed by atoms with Crippen molar-refractivity contribution in [2.45, 2.75) is 46.1 Å². The van der Waals surface area contributed by atoms with Gasteiger partial charge >= 0.3 is 0 Å². The van der Waals surface area contributed by atoms with Gasteiger partial charge < -0.3 is 10.2 Å². The standard InChI is InChI=1S/C16H22N2O2/c1-3-5-15(19)17-11-12-6-7-14-13(10-12)8-9-18(14)16(20)4-2/h6-7,10H,3-5,8-9,11H2,1-2H3,(H,17,19). The highest BCUT2D eigenvalue weighted by Gasteiger charge is 2.23. The Morgan fingerprint density at radius 3 is 2.80 bits per heavy atom. The molecule has 0 unspecified atom stereocenters. The van der Waals surface area contributed by atoms with Crippen LogP contribution in [0.1, 0.15) is 44.2 Å². The predicted molar refractivity (Wildman–Crippen MR) is 79.5 cm³/mol. The molecule has 2 amide bonds. The first-order valence-corrected chi connectivity index (χ1v) is 7.34. The number of anilines is 1. The molecule has 1 N–H and O–H groups in total. The van der Waals surface area contributed by atoms with Crippen molar-refractivity contribution in [2.24, 2.45) is 0 Å². The van der Waals surface area contributed by atoms with E-state index in [4.69, 9.17) is 0 Å². The summed E-state index contributed by atoms with van der Waals surface area (Å²) in [6.07, 6.45) is 2.87. The number of carbonyl (C=O) groups is 2. The van der Waals surface area contributed by atoms with Crippen LogP contribution < -0.4 is 10.2 Å². The molecule has 0 aromatic heterocycles. The van der Waals surface area contributed by atoms with Crippen LogP contribution in [0.4, 0.5) is 5.69 Å². The van der Waals surface area contributed by atoms with Crippen molar-refractivity contribution in [3.05, 3.63) is 29.3 Å². The van der Waals surface area contributed by atoms with E-state index >= 15 is 0 Å². The average Bonchev–Trinajstić information content (AvgIpc) is 2.87. The molecule has 0 bridgehead atoms. The van der Waals surface area contributed by atoms with Gasteiger partial charge in [0.25, 0.3) is 0 Å². The Labute approximate surface area is 120 Å². The Morgan fingerprint density at radius 1 is 1.30 bits per heavy atom. The summed E-state index contributed by atoms with van der Waals surface area (Å²) >= 11 is 0. The van der Waals surface area contributed by atoms with Crippen LogP contribution in [0.3, 0.4) is 0 Å². The minimum Gasteiger partial charge on any atom is -0.352 e. The van der Waals surface area contributed by atoms with Crippen LogP contribution in [0.5, 0.6) is 0 Å². The predicted octanol–water partition coefficient (Wildman–Crippen LogP) is 2.40. The molecule has 1 aromatic carbocycles. The summed E-state index contributed by atoms with van der Waals surface area (Å²) < 4.78 is 0. The molecule has 0 saturated carbocycles. The highest BCUT2D eigenvalue weighted by atomic mass is 16.2. The molecule has 2 rings (SSSR count). The van der Waals surface area contributed by atoms with Gasteiger partial charge in [-0.1, -0.05) is 26.0 Å². The fraction of sp³-hybridized carbons (Fsp3) is 0.500. The number of carbonyl (C=O) groups excluding carboxylic acids is 2. The molecule has 108 valence electrons. The average molecular weight is 274 g/mol. The maximum atomic E-state index is 11.8. The number of amides is 2. The molecule has 1 aliphatic rings. The summed E-state index contributed by atoms with van der Waals surface area (Å²) in [5, 5.41) is 2.92. The molecule has 0 aliphatic carbocycles. The van der Waals surface area contributed by atoms with Crippen molar-refractivity contribution >= 4 is 17.5 Å². The second-order valence-corrected chi connectivity index (χ2v) is 5.14. The zero-order valence-corrected chi connectivity index (χ0v) is 12.2. The summed E-state index contributed by atoms with van der Waals surface area (Å²) in [6, 6.07) is 6.09. The van der Waals surface area contributed by atoms with E-state index in [-0.39, 0.29) is 11.8 Å². The zero-order valence-electron chi connectivity index (χ0n) is 12.2. The minimum absolute atomic E-state index is 0.0933. The molecule has 4 nitrogen and oxygen atoms in total. The van der Waals surface area contributed by atoms with Gasteiger partial charge in [0, 0.05) is 31.6 Å². The van der Waals surface area contributed by atoms with Crippen LogP contribution in [0.25, 0.3) is 0 Å².